The van der Waals surface area contributed by atoms with Crippen molar-refractivity contribution in [3.63, 3.8) is 0 Å². The highest BCUT2D eigenvalue weighted by atomic mass is 35.5. The van der Waals surface area contributed by atoms with E-state index in [1.54, 1.807) is 0 Å². The zero-order chi connectivity index (χ0) is 16.2. The Morgan fingerprint density at radius 1 is 1.38 bits per heavy atom. The lowest BCUT2D eigenvalue weighted by Gasteiger charge is -2.14. The van der Waals surface area contributed by atoms with Crippen molar-refractivity contribution in [2.45, 2.75) is 12.5 Å². The van der Waals surface area contributed by atoms with Gasteiger partial charge in [-0.05, 0) is 24.6 Å². The topological polar surface area (TPSA) is 127 Å². The Kier molecular flexibility index (Phi) is 5.56. The van der Waals surface area contributed by atoms with Crippen molar-refractivity contribution in [2.75, 3.05) is 17.7 Å². The molecule has 1 amide bonds. The standard InChI is InChI=1S/C12H15ClN2O5S/c1-21(19,20)3-2-10(12(17)18)15-11(16)7-4-8(13)6-9(14)5-7/h4-6,10H,2-3,14H2,1H3,(H,15,16)(H,17,18). The van der Waals surface area contributed by atoms with Crippen LogP contribution in [0.4, 0.5) is 5.69 Å². The summed E-state index contributed by atoms with van der Waals surface area (Å²) in [5.74, 6) is -2.35. The van der Waals surface area contributed by atoms with Crippen molar-refractivity contribution in [2.24, 2.45) is 0 Å². The van der Waals surface area contributed by atoms with E-state index >= 15 is 0 Å². The van der Waals surface area contributed by atoms with Crippen LogP contribution in [0.25, 0.3) is 0 Å². The van der Waals surface area contributed by atoms with E-state index in [9.17, 15) is 18.0 Å². The molecule has 21 heavy (non-hydrogen) atoms. The molecule has 1 aromatic carbocycles. The number of anilines is 1. The molecule has 0 heterocycles. The normalized spacial score (nSPS) is 12.7. The predicted octanol–water partition coefficient (Wildman–Crippen LogP) is 0.540. The molecule has 9 heteroatoms. The number of nitrogens with one attached hydrogen (secondary N) is 1. The van der Waals surface area contributed by atoms with Gasteiger partial charge in [0.05, 0.1) is 5.75 Å². The van der Waals surface area contributed by atoms with Crippen LogP contribution in [0.3, 0.4) is 0 Å². The molecule has 0 aromatic heterocycles. The van der Waals surface area contributed by atoms with Crippen LogP contribution in [-0.4, -0.2) is 43.5 Å². The zero-order valence-corrected chi connectivity index (χ0v) is 12.7. The molecule has 0 radical (unpaired) electrons. The molecule has 116 valence electrons. The summed E-state index contributed by atoms with van der Waals surface area (Å²) in [5.41, 5.74) is 5.91. The fraction of sp³-hybridized carbons (Fsp3) is 0.333. The molecular formula is C12H15ClN2O5S. The van der Waals surface area contributed by atoms with Gasteiger partial charge in [0.2, 0.25) is 0 Å². The number of sulfone groups is 1. The van der Waals surface area contributed by atoms with E-state index in [0.29, 0.717) is 0 Å². The van der Waals surface area contributed by atoms with E-state index in [4.69, 9.17) is 22.4 Å². The summed E-state index contributed by atoms with van der Waals surface area (Å²) in [5, 5.41) is 11.5. The van der Waals surface area contributed by atoms with Crippen molar-refractivity contribution in [1.82, 2.24) is 5.32 Å². The van der Waals surface area contributed by atoms with Crippen molar-refractivity contribution < 1.29 is 23.1 Å². The van der Waals surface area contributed by atoms with Gasteiger partial charge in [-0.2, -0.15) is 0 Å². The molecule has 0 fully saturated rings. The predicted molar refractivity (Wildman–Crippen MR) is 79.1 cm³/mol. The number of carboxylic acid groups (broad SMARTS) is 1. The van der Waals surface area contributed by atoms with Gasteiger partial charge in [0, 0.05) is 22.5 Å². The molecule has 0 aliphatic heterocycles. The smallest absolute Gasteiger partial charge is 0.326 e. The Morgan fingerprint density at radius 3 is 2.48 bits per heavy atom. The van der Waals surface area contributed by atoms with Crippen molar-refractivity contribution in [3.05, 3.63) is 28.8 Å². The van der Waals surface area contributed by atoms with Gasteiger partial charge in [0.15, 0.2) is 0 Å². The third kappa shape index (κ3) is 6.01. The lowest BCUT2D eigenvalue weighted by molar-refractivity contribution is -0.139. The quantitative estimate of drug-likeness (QED) is 0.652. The number of rotatable bonds is 6. The molecule has 1 aromatic rings. The summed E-state index contributed by atoms with van der Waals surface area (Å²) in [4.78, 5) is 23.0. The molecular weight excluding hydrogens is 320 g/mol. The van der Waals surface area contributed by atoms with Crippen LogP contribution in [0, 0.1) is 0 Å². The van der Waals surface area contributed by atoms with Crippen LogP contribution in [0.15, 0.2) is 18.2 Å². The lowest BCUT2D eigenvalue weighted by Crippen LogP contribution is -2.41. The average molecular weight is 335 g/mol. The van der Waals surface area contributed by atoms with E-state index in [0.717, 1.165) is 6.26 Å². The minimum atomic E-state index is -3.32. The second-order valence-corrected chi connectivity index (χ2v) is 7.25. The fourth-order valence-electron chi connectivity index (χ4n) is 1.57. The maximum atomic E-state index is 12.0. The number of nitrogen functional groups attached to an aromatic ring is 1. The van der Waals surface area contributed by atoms with Crippen molar-refractivity contribution in [3.8, 4) is 0 Å². The maximum Gasteiger partial charge on any atom is 0.326 e. The number of benzene rings is 1. The number of halogens is 1. The van der Waals surface area contributed by atoms with E-state index in [1.165, 1.54) is 18.2 Å². The third-order valence-corrected chi connectivity index (χ3v) is 3.76. The van der Waals surface area contributed by atoms with Crippen LogP contribution < -0.4 is 11.1 Å². The summed E-state index contributed by atoms with van der Waals surface area (Å²) >= 11 is 5.76. The highest BCUT2D eigenvalue weighted by Crippen LogP contribution is 2.16. The number of hydrogen-bond acceptors (Lipinski definition) is 5. The van der Waals surface area contributed by atoms with Crippen LogP contribution in [0.1, 0.15) is 16.8 Å². The van der Waals surface area contributed by atoms with Crippen molar-refractivity contribution >= 4 is 39.0 Å². The summed E-state index contributed by atoms with van der Waals surface area (Å²) in [6.45, 7) is 0. The molecule has 0 aliphatic rings. The average Bonchev–Trinajstić information content (AvgIpc) is 2.31. The number of aliphatic carboxylic acids is 1. The van der Waals surface area contributed by atoms with Gasteiger partial charge in [-0.15, -0.1) is 0 Å². The maximum absolute atomic E-state index is 12.0. The zero-order valence-electron chi connectivity index (χ0n) is 11.2. The highest BCUT2D eigenvalue weighted by Gasteiger charge is 2.22. The van der Waals surface area contributed by atoms with Crippen LogP contribution in [0.2, 0.25) is 5.02 Å². The minimum absolute atomic E-state index is 0.102. The van der Waals surface area contributed by atoms with Gasteiger partial charge < -0.3 is 16.2 Å². The second kappa shape index (κ2) is 6.77. The summed E-state index contributed by atoms with van der Waals surface area (Å²) < 4.78 is 22.1. The highest BCUT2D eigenvalue weighted by molar-refractivity contribution is 7.90. The minimum Gasteiger partial charge on any atom is -0.480 e. The first-order valence-electron chi connectivity index (χ1n) is 5.86. The first kappa shape index (κ1) is 17.3. The number of carbonyl (C=O) groups is 2. The van der Waals surface area contributed by atoms with Crippen LogP contribution in [0.5, 0.6) is 0 Å². The lowest BCUT2D eigenvalue weighted by atomic mass is 10.1. The molecule has 1 unspecified atom stereocenters. The van der Waals surface area contributed by atoms with Gasteiger partial charge in [-0.3, -0.25) is 4.79 Å². The van der Waals surface area contributed by atoms with E-state index in [2.05, 4.69) is 5.32 Å². The molecule has 4 N–H and O–H groups in total. The Bertz CT molecular complexity index is 639. The third-order valence-electron chi connectivity index (χ3n) is 2.56. The van der Waals surface area contributed by atoms with Crippen LogP contribution in [-0.2, 0) is 14.6 Å². The van der Waals surface area contributed by atoms with Crippen molar-refractivity contribution in [1.29, 1.82) is 0 Å². The van der Waals surface area contributed by atoms with Gasteiger partial charge in [0.25, 0.3) is 5.91 Å². The Balaban J connectivity index is 2.83. The second-order valence-electron chi connectivity index (χ2n) is 4.56. The molecule has 1 rings (SSSR count). The van der Waals surface area contributed by atoms with Gasteiger partial charge in [-0.1, -0.05) is 11.6 Å². The van der Waals surface area contributed by atoms with Gasteiger partial charge in [-0.25, -0.2) is 13.2 Å². The monoisotopic (exact) mass is 334 g/mol. The Hall–Kier alpha value is -1.80. The number of nitrogens with two attached hydrogens (primary N) is 1. The molecule has 0 saturated carbocycles. The van der Waals surface area contributed by atoms with E-state index < -0.39 is 27.8 Å². The number of carboxylic acids is 1. The first-order chi connectivity index (χ1) is 9.58. The molecule has 0 spiro atoms. The SMILES string of the molecule is CS(=O)(=O)CCC(NC(=O)c1cc(N)cc(Cl)c1)C(=O)O. The molecule has 0 bridgehead atoms. The largest absolute Gasteiger partial charge is 0.480 e. The Morgan fingerprint density at radius 2 is 2.00 bits per heavy atom. The summed E-state index contributed by atoms with van der Waals surface area (Å²) in [7, 11) is -3.32. The number of hydrogen-bond donors (Lipinski definition) is 3. The molecule has 0 saturated heterocycles. The molecule has 7 nitrogen and oxygen atoms in total. The van der Waals surface area contributed by atoms with Crippen LogP contribution >= 0.6 is 11.6 Å². The van der Waals surface area contributed by atoms with E-state index in [1.807, 2.05) is 0 Å². The summed E-state index contributed by atoms with van der Waals surface area (Å²) in [6.07, 6.45) is 0.765. The Labute approximate surface area is 127 Å². The first-order valence-corrected chi connectivity index (χ1v) is 8.30. The van der Waals surface area contributed by atoms with Gasteiger partial charge in [0.1, 0.15) is 15.9 Å². The van der Waals surface area contributed by atoms with Gasteiger partial charge >= 0.3 is 5.97 Å². The molecule has 0 aliphatic carbocycles. The number of amides is 1. The molecule has 1 atom stereocenters. The fourth-order valence-corrected chi connectivity index (χ4v) is 2.48. The number of carbonyl (C=O) groups excluding carboxylic acids is 1. The van der Waals surface area contributed by atoms with E-state index in [-0.39, 0.29) is 28.4 Å². The summed E-state index contributed by atoms with van der Waals surface area (Å²) in [6, 6.07) is 2.81.